The topological polar surface area (TPSA) is 51.0 Å². The van der Waals surface area contributed by atoms with E-state index in [9.17, 15) is 4.79 Å². The summed E-state index contributed by atoms with van der Waals surface area (Å²) in [6.45, 7) is 4.15. The van der Waals surface area contributed by atoms with Crippen molar-refractivity contribution in [2.45, 2.75) is 42.6 Å². The van der Waals surface area contributed by atoms with Gasteiger partial charge in [0.05, 0.1) is 6.04 Å². The number of fused-ring (bicyclic) bond motifs is 1. The lowest BCUT2D eigenvalue weighted by Crippen LogP contribution is -2.36. The van der Waals surface area contributed by atoms with E-state index in [4.69, 9.17) is 0 Å². The van der Waals surface area contributed by atoms with Crippen LogP contribution in [-0.2, 0) is 6.42 Å². The lowest BCUT2D eigenvalue weighted by molar-refractivity contribution is 0.0849. The number of carbonyl (C=O) groups excluding carboxylic acids is 1. The van der Waals surface area contributed by atoms with Crippen LogP contribution in [0.3, 0.4) is 0 Å². The van der Waals surface area contributed by atoms with E-state index in [2.05, 4.69) is 32.5 Å². The maximum Gasteiger partial charge on any atom is 0.264 e. The van der Waals surface area contributed by atoms with Gasteiger partial charge in [-0.25, -0.2) is 4.98 Å². The molecule has 7 heteroatoms. The number of rotatable bonds is 4. The number of thiophene rings is 1. The van der Waals surface area contributed by atoms with Crippen molar-refractivity contribution in [1.29, 1.82) is 0 Å². The molecule has 1 fully saturated rings. The smallest absolute Gasteiger partial charge is 0.264 e. The monoisotopic (exact) mass is 334 g/mol. The van der Waals surface area contributed by atoms with Crippen LogP contribution >= 0.6 is 23.1 Å². The van der Waals surface area contributed by atoms with Crippen molar-refractivity contribution in [2.24, 2.45) is 0 Å². The Morgan fingerprint density at radius 1 is 1.41 bits per heavy atom. The van der Waals surface area contributed by atoms with Crippen LogP contribution in [0.5, 0.6) is 0 Å². The summed E-state index contributed by atoms with van der Waals surface area (Å²) >= 11 is 3.32. The van der Waals surface area contributed by atoms with Gasteiger partial charge in [-0.1, -0.05) is 24.8 Å². The number of hydrogen-bond acceptors (Lipinski definition) is 6. The van der Waals surface area contributed by atoms with Gasteiger partial charge in [-0.05, 0) is 37.4 Å². The van der Waals surface area contributed by atoms with Crippen LogP contribution in [0.4, 0.5) is 0 Å². The highest BCUT2D eigenvalue weighted by atomic mass is 32.2. The molecule has 2 aliphatic heterocycles. The van der Waals surface area contributed by atoms with Crippen LogP contribution in [0, 0.1) is 0 Å². The minimum absolute atomic E-state index is 0.0810. The van der Waals surface area contributed by atoms with E-state index in [0.29, 0.717) is 0 Å². The first-order chi connectivity index (χ1) is 10.8. The van der Waals surface area contributed by atoms with Gasteiger partial charge < -0.3 is 0 Å². The Morgan fingerprint density at radius 3 is 2.86 bits per heavy atom. The van der Waals surface area contributed by atoms with Crippen molar-refractivity contribution >= 4 is 29.0 Å². The number of aryl methyl sites for hydroxylation is 1. The van der Waals surface area contributed by atoms with Crippen LogP contribution in [-0.4, -0.2) is 43.9 Å². The van der Waals surface area contributed by atoms with Crippen LogP contribution in [0.1, 0.15) is 41.3 Å². The van der Waals surface area contributed by atoms with Crippen molar-refractivity contribution in [3.05, 3.63) is 28.2 Å². The van der Waals surface area contributed by atoms with Gasteiger partial charge in [0.15, 0.2) is 11.0 Å². The molecule has 22 heavy (non-hydrogen) atoms. The van der Waals surface area contributed by atoms with Gasteiger partial charge in [-0.3, -0.25) is 9.69 Å². The number of aromatic nitrogens is 3. The molecular formula is C15H18N4OS2. The highest BCUT2D eigenvalue weighted by Gasteiger charge is 2.43. The lowest BCUT2D eigenvalue weighted by atomic mass is 10.1. The standard InChI is InChI=1S/C15H18N4OS2/c1-2-11-16-15-19(17-11)14(20)13(22-15)12(10-6-5-9-21-10)18-7-3-4-8-18/h5-6,9,12-13H,2-4,7-8H2,1H3. The molecular weight excluding hydrogens is 316 g/mol. The van der Waals surface area contributed by atoms with Crippen LogP contribution in [0.2, 0.25) is 0 Å². The number of likely N-dealkylation sites (tertiary alicyclic amines) is 1. The maximum atomic E-state index is 12.8. The predicted molar refractivity (Wildman–Crippen MR) is 87.5 cm³/mol. The Kier molecular flexibility index (Phi) is 3.79. The summed E-state index contributed by atoms with van der Waals surface area (Å²) < 4.78 is 1.52. The molecule has 0 N–H and O–H groups in total. The predicted octanol–water partition coefficient (Wildman–Crippen LogP) is 2.85. The summed E-state index contributed by atoms with van der Waals surface area (Å²) in [7, 11) is 0. The Morgan fingerprint density at radius 2 is 2.23 bits per heavy atom. The third-order valence-corrected chi connectivity index (χ3v) is 6.41. The van der Waals surface area contributed by atoms with Crippen molar-refractivity contribution in [1.82, 2.24) is 19.7 Å². The molecule has 4 heterocycles. The molecule has 0 bridgehead atoms. The highest BCUT2D eigenvalue weighted by Crippen LogP contribution is 2.43. The molecule has 0 spiro atoms. The van der Waals surface area contributed by atoms with E-state index in [-0.39, 0.29) is 17.2 Å². The van der Waals surface area contributed by atoms with E-state index in [1.54, 1.807) is 23.1 Å². The molecule has 0 aliphatic carbocycles. The fraction of sp³-hybridized carbons (Fsp3) is 0.533. The van der Waals surface area contributed by atoms with Gasteiger partial charge in [0, 0.05) is 11.3 Å². The van der Waals surface area contributed by atoms with E-state index in [0.717, 1.165) is 30.5 Å². The zero-order chi connectivity index (χ0) is 15.1. The van der Waals surface area contributed by atoms with Crippen molar-refractivity contribution in [2.75, 3.05) is 13.1 Å². The van der Waals surface area contributed by atoms with E-state index < -0.39 is 0 Å². The third-order valence-electron chi connectivity index (χ3n) is 4.28. The normalized spacial score (nSPS) is 23.1. The second-order valence-corrected chi connectivity index (χ2v) is 7.74. The second-order valence-electron chi connectivity index (χ2n) is 5.66. The van der Waals surface area contributed by atoms with Crippen LogP contribution in [0.25, 0.3) is 0 Å². The van der Waals surface area contributed by atoms with Crippen molar-refractivity contribution in [3.63, 3.8) is 0 Å². The average Bonchev–Trinajstić information content (AvgIpc) is 3.28. The second kappa shape index (κ2) is 5.79. The van der Waals surface area contributed by atoms with Gasteiger partial charge in [0.2, 0.25) is 0 Å². The first-order valence-corrected chi connectivity index (χ1v) is 9.48. The van der Waals surface area contributed by atoms with Gasteiger partial charge in [-0.2, -0.15) is 4.68 Å². The molecule has 2 atom stereocenters. The molecule has 2 unspecified atom stereocenters. The molecule has 2 aliphatic rings. The summed E-state index contributed by atoms with van der Waals surface area (Å²) in [4.78, 5) is 21.0. The quantitative estimate of drug-likeness (QED) is 0.860. The third kappa shape index (κ3) is 2.31. The summed E-state index contributed by atoms with van der Waals surface area (Å²) in [5, 5.41) is 7.07. The number of hydrogen-bond donors (Lipinski definition) is 0. The van der Waals surface area contributed by atoms with Gasteiger partial charge >= 0.3 is 0 Å². The largest absolute Gasteiger partial charge is 0.294 e. The molecule has 0 amide bonds. The first kappa shape index (κ1) is 14.4. The van der Waals surface area contributed by atoms with Crippen LogP contribution < -0.4 is 0 Å². The zero-order valence-electron chi connectivity index (χ0n) is 12.4. The molecule has 5 nitrogen and oxygen atoms in total. The number of thioether (sulfide) groups is 1. The van der Waals surface area contributed by atoms with Crippen molar-refractivity contribution < 1.29 is 4.79 Å². The minimum Gasteiger partial charge on any atom is -0.294 e. The maximum absolute atomic E-state index is 12.8. The Hall–Kier alpha value is -1.18. The van der Waals surface area contributed by atoms with Gasteiger partial charge in [-0.15, -0.1) is 16.4 Å². The molecule has 0 aromatic carbocycles. The molecule has 2 aromatic heterocycles. The Labute approximate surface area is 137 Å². The van der Waals surface area contributed by atoms with Gasteiger partial charge in [0.25, 0.3) is 5.91 Å². The van der Waals surface area contributed by atoms with E-state index in [1.807, 2.05) is 6.92 Å². The molecule has 0 radical (unpaired) electrons. The fourth-order valence-corrected chi connectivity index (χ4v) is 5.44. The van der Waals surface area contributed by atoms with E-state index >= 15 is 0 Å². The first-order valence-electron chi connectivity index (χ1n) is 7.72. The number of carbonyl (C=O) groups is 1. The van der Waals surface area contributed by atoms with Crippen LogP contribution in [0.15, 0.2) is 22.7 Å². The Balaban J connectivity index is 1.66. The fourth-order valence-electron chi connectivity index (χ4n) is 3.19. The SMILES string of the molecule is CCc1nc2n(n1)C(=O)C(C(c1cccs1)N1CCCC1)S2. The van der Waals surface area contributed by atoms with E-state index in [1.165, 1.54) is 22.4 Å². The van der Waals surface area contributed by atoms with Gasteiger partial charge in [0.1, 0.15) is 5.25 Å². The summed E-state index contributed by atoms with van der Waals surface area (Å²) in [6.07, 6.45) is 3.20. The molecule has 2 aromatic rings. The molecule has 4 rings (SSSR count). The lowest BCUT2D eigenvalue weighted by Gasteiger charge is -2.29. The molecule has 0 saturated carbocycles. The summed E-state index contributed by atoms with van der Waals surface area (Å²) in [5.74, 6) is 0.834. The highest BCUT2D eigenvalue weighted by molar-refractivity contribution is 8.01. The zero-order valence-corrected chi connectivity index (χ0v) is 14.1. The number of nitrogens with zero attached hydrogens (tertiary/aromatic N) is 4. The molecule has 116 valence electrons. The minimum atomic E-state index is -0.127. The molecule has 1 saturated heterocycles. The summed E-state index contributed by atoms with van der Waals surface area (Å²) in [5.41, 5.74) is 0. The summed E-state index contributed by atoms with van der Waals surface area (Å²) in [6, 6.07) is 4.36. The van der Waals surface area contributed by atoms with Crippen molar-refractivity contribution in [3.8, 4) is 0 Å². The Bertz CT molecular complexity index is 676. The average molecular weight is 334 g/mol.